The summed E-state index contributed by atoms with van der Waals surface area (Å²) >= 11 is 0. The molecule has 0 aliphatic heterocycles. The van der Waals surface area contributed by atoms with Gasteiger partial charge >= 0.3 is 0 Å². The lowest BCUT2D eigenvalue weighted by atomic mass is 9.93. The summed E-state index contributed by atoms with van der Waals surface area (Å²) in [5.41, 5.74) is 2.88. The fourth-order valence-corrected chi connectivity index (χ4v) is 2.93. The molecule has 2 aromatic rings. The summed E-state index contributed by atoms with van der Waals surface area (Å²) in [6, 6.07) is 19.6. The lowest BCUT2D eigenvalue weighted by molar-refractivity contribution is -0.120. The summed E-state index contributed by atoms with van der Waals surface area (Å²) < 4.78 is 0. The smallest absolute Gasteiger partial charge is 0.224 e. The van der Waals surface area contributed by atoms with E-state index in [1.165, 1.54) is 0 Å². The van der Waals surface area contributed by atoms with Gasteiger partial charge < -0.3 is 10.4 Å². The number of benzene rings is 2. The minimum atomic E-state index is -0.432. The predicted molar refractivity (Wildman–Crippen MR) is 98.0 cm³/mol. The Morgan fingerprint density at radius 3 is 2.40 bits per heavy atom. The van der Waals surface area contributed by atoms with Crippen LogP contribution in [0.4, 0.5) is 0 Å². The molecule has 2 aromatic carbocycles. The van der Waals surface area contributed by atoms with Crippen LogP contribution in [0.5, 0.6) is 0 Å². The van der Waals surface area contributed by atoms with Crippen molar-refractivity contribution in [3.63, 3.8) is 0 Å². The van der Waals surface area contributed by atoms with Gasteiger partial charge in [0.05, 0.1) is 25.0 Å². The first kappa shape index (κ1) is 18.7. The number of amides is 1. The van der Waals surface area contributed by atoms with E-state index in [-0.39, 0.29) is 18.2 Å². The van der Waals surface area contributed by atoms with Crippen molar-refractivity contribution in [3.05, 3.63) is 71.3 Å². The topological polar surface area (TPSA) is 73.1 Å². The van der Waals surface area contributed by atoms with Crippen molar-refractivity contribution < 1.29 is 9.90 Å². The van der Waals surface area contributed by atoms with Crippen molar-refractivity contribution in [2.45, 2.75) is 38.2 Å². The summed E-state index contributed by atoms with van der Waals surface area (Å²) in [5, 5.41) is 21.6. The Kier molecular flexibility index (Phi) is 7.18. The van der Waals surface area contributed by atoms with Crippen LogP contribution in [0.1, 0.15) is 36.0 Å². The van der Waals surface area contributed by atoms with E-state index in [0.29, 0.717) is 19.4 Å². The highest BCUT2D eigenvalue weighted by Gasteiger charge is 2.16. The van der Waals surface area contributed by atoms with E-state index < -0.39 is 6.10 Å². The monoisotopic (exact) mass is 336 g/mol. The molecule has 0 heterocycles. The third kappa shape index (κ3) is 6.06. The number of aliphatic hydroxyl groups is 1. The van der Waals surface area contributed by atoms with Crippen molar-refractivity contribution in [1.29, 1.82) is 5.26 Å². The molecule has 4 heteroatoms. The van der Waals surface area contributed by atoms with Gasteiger partial charge in [-0.25, -0.2) is 0 Å². The van der Waals surface area contributed by atoms with Gasteiger partial charge in [-0.1, -0.05) is 54.6 Å². The van der Waals surface area contributed by atoms with Crippen molar-refractivity contribution in [1.82, 2.24) is 5.32 Å². The number of carbonyl (C=O) groups is 1. The second-order valence-electron chi connectivity index (χ2n) is 6.28. The maximum Gasteiger partial charge on any atom is 0.224 e. The third-order valence-corrected chi connectivity index (χ3v) is 4.18. The molecule has 4 nitrogen and oxygen atoms in total. The first-order chi connectivity index (χ1) is 12.1. The number of nitrogens with zero attached hydrogens (tertiary/aromatic N) is 1. The molecule has 0 spiro atoms. The van der Waals surface area contributed by atoms with Crippen LogP contribution in [0.2, 0.25) is 0 Å². The maximum atomic E-state index is 12.3. The Morgan fingerprint density at radius 1 is 1.12 bits per heavy atom. The summed E-state index contributed by atoms with van der Waals surface area (Å²) in [4.78, 5) is 12.3. The van der Waals surface area contributed by atoms with Crippen LogP contribution in [0.3, 0.4) is 0 Å². The Hall–Kier alpha value is -2.64. The van der Waals surface area contributed by atoms with Crippen LogP contribution < -0.4 is 5.32 Å². The first-order valence-electron chi connectivity index (χ1n) is 8.53. The van der Waals surface area contributed by atoms with Crippen LogP contribution in [-0.4, -0.2) is 23.7 Å². The number of hydrogen-bond donors (Lipinski definition) is 2. The summed E-state index contributed by atoms with van der Waals surface area (Å²) in [7, 11) is 0. The summed E-state index contributed by atoms with van der Waals surface area (Å²) in [5.74, 6) is -0.00332. The number of nitriles is 1. The third-order valence-electron chi connectivity index (χ3n) is 4.18. The number of nitrogens with one attached hydrogen (secondary N) is 1. The summed E-state index contributed by atoms with van der Waals surface area (Å²) in [6.45, 7) is 2.24. The molecular weight excluding hydrogens is 312 g/mol. The predicted octanol–water partition coefficient (Wildman–Crippen LogP) is 2.97. The number of rotatable bonds is 8. The van der Waals surface area contributed by atoms with Gasteiger partial charge in [0.25, 0.3) is 0 Å². The van der Waals surface area contributed by atoms with Gasteiger partial charge in [-0.2, -0.15) is 5.26 Å². The number of hydrogen-bond acceptors (Lipinski definition) is 3. The molecule has 0 saturated heterocycles. The highest BCUT2D eigenvalue weighted by molar-refractivity contribution is 5.79. The zero-order valence-corrected chi connectivity index (χ0v) is 14.5. The quantitative estimate of drug-likeness (QED) is 0.778. The first-order valence-corrected chi connectivity index (χ1v) is 8.53. The standard InChI is InChI=1S/C21H24N2O2/c1-16(24)13-20(17-7-3-2-4-8-17)15-23-21(25)14-19-10-6-5-9-18(19)11-12-22/h2-10,16,20,24H,11,13-15H2,1H3,(H,23,25). The van der Waals surface area contributed by atoms with Crippen LogP contribution in [0.25, 0.3) is 0 Å². The normalized spacial score (nSPS) is 12.8. The van der Waals surface area contributed by atoms with Gasteiger partial charge in [-0.15, -0.1) is 0 Å². The average Bonchev–Trinajstić information content (AvgIpc) is 2.61. The van der Waals surface area contributed by atoms with Crippen LogP contribution in [0, 0.1) is 11.3 Å². The minimum Gasteiger partial charge on any atom is -0.393 e. The largest absolute Gasteiger partial charge is 0.393 e. The van der Waals surface area contributed by atoms with Gasteiger partial charge in [0.15, 0.2) is 0 Å². The highest BCUT2D eigenvalue weighted by Crippen LogP contribution is 2.20. The van der Waals surface area contributed by atoms with E-state index in [4.69, 9.17) is 5.26 Å². The fraction of sp³-hybridized carbons (Fsp3) is 0.333. The minimum absolute atomic E-state index is 0.0690. The number of aliphatic hydroxyl groups excluding tert-OH is 1. The van der Waals surface area contributed by atoms with Gasteiger partial charge in [0, 0.05) is 12.5 Å². The van der Waals surface area contributed by atoms with Gasteiger partial charge in [0.1, 0.15) is 0 Å². The Bertz CT molecular complexity index is 720. The van der Waals surface area contributed by atoms with Crippen molar-refractivity contribution in [2.24, 2.45) is 0 Å². The molecule has 2 unspecified atom stereocenters. The SMILES string of the molecule is CC(O)CC(CNC(=O)Cc1ccccc1CC#N)c1ccccc1. The molecule has 0 radical (unpaired) electrons. The molecule has 25 heavy (non-hydrogen) atoms. The molecule has 0 aliphatic carbocycles. The van der Waals surface area contributed by atoms with Crippen LogP contribution in [0.15, 0.2) is 54.6 Å². The zero-order chi connectivity index (χ0) is 18.1. The molecule has 2 rings (SSSR count). The van der Waals surface area contributed by atoms with E-state index in [0.717, 1.165) is 16.7 Å². The zero-order valence-electron chi connectivity index (χ0n) is 14.5. The molecule has 2 atom stereocenters. The van der Waals surface area contributed by atoms with E-state index in [1.54, 1.807) is 6.92 Å². The molecule has 0 bridgehead atoms. The molecular formula is C21H24N2O2. The van der Waals surface area contributed by atoms with Crippen molar-refractivity contribution >= 4 is 5.91 Å². The van der Waals surface area contributed by atoms with E-state index in [2.05, 4.69) is 11.4 Å². The maximum absolute atomic E-state index is 12.3. The molecule has 130 valence electrons. The fourth-order valence-electron chi connectivity index (χ4n) is 2.93. The van der Waals surface area contributed by atoms with E-state index in [1.807, 2.05) is 54.6 Å². The van der Waals surface area contributed by atoms with E-state index >= 15 is 0 Å². The highest BCUT2D eigenvalue weighted by atomic mass is 16.3. The van der Waals surface area contributed by atoms with Crippen LogP contribution in [-0.2, 0) is 17.6 Å². The van der Waals surface area contributed by atoms with Gasteiger partial charge in [-0.05, 0) is 30.0 Å². The molecule has 0 fully saturated rings. The molecule has 0 aliphatic rings. The van der Waals surface area contributed by atoms with Gasteiger partial charge in [0.2, 0.25) is 5.91 Å². The second-order valence-corrected chi connectivity index (χ2v) is 6.28. The molecule has 1 amide bonds. The van der Waals surface area contributed by atoms with Crippen molar-refractivity contribution in [2.75, 3.05) is 6.54 Å². The Labute approximate surface area is 149 Å². The van der Waals surface area contributed by atoms with Gasteiger partial charge in [-0.3, -0.25) is 4.79 Å². The average molecular weight is 336 g/mol. The molecule has 0 saturated carbocycles. The summed E-state index contributed by atoms with van der Waals surface area (Å²) in [6.07, 6.45) is 0.722. The number of carbonyl (C=O) groups excluding carboxylic acids is 1. The Morgan fingerprint density at radius 2 is 1.76 bits per heavy atom. The van der Waals surface area contributed by atoms with Crippen molar-refractivity contribution in [3.8, 4) is 6.07 Å². The van der Waals surface area contributed by atoms with Crippen LogP contribution >= 0.6 is 0 Å². The lowest BCUT2D eigenvalue weighted by Crippen LogP contribution is -2.31. The lowest BCUT2D eigenvalue weighted by Gasteiger charge is -2.20. The molecule has 2 N–H and O–H groups in total. The second kappa shape index (κ2) is 9.61. The Balaban J connectivity index is 1.98. The molecule has 0 aromatic heterocycles. The van der Waals surface area contributed by atoms with E-state index in [9.17, 15) is 9.90 Å².